The molecule has 0 saturated heterocycles. The van der Waals surface area contributed by atoms with Crippen molar-refractivity contribution in [3.05, 3.63) is 47.5 Å². The second-order valence-corrected chi connectivity index (χ2v) is 21.2. The summed E-state index contributed by atoms with van der Waals surface area (Å²) in [6.07, 6.45) is 14.0. The summed E-state index contributed by atoms with van der Waals surface area (Å²) in [7, 11) is 5.92. The van der Waals surface area contributed by atoms with E-state index in [1.165, 1.54) is 18.2 Å². The normalized spacial score (nSPS) is 20.4. The first-order chi connectivity index (χ1) is 22.1. The number of carbonyl (C=O) groups is 2. The van der Waals surface area contributed by atoms with Gasteiger partial charge in [-0.05, 0) is 61.7 Å². The molecule has 0 amide bonds. The lowest BCUT2D eigenvalue weighted by atomic mass is 9.87. The second-order valence-electron chi connectivity index (χ2n) is 16.3. The number of carbonyl (C=O) groups excluding carboxylic acids is 2. The van der Waals surface area contributed by atoms with E-state index in [1.807, 2.05) is 0 Å². The summed E-state index contributed by atoms with van der Waals surface area (Å²) in [6, 6.07) is 10.3. The number of unbranched alkanes of at least 4 members (excludes halogenated alkanes) is 4. The summed E-state index contributed by atoms with van der Waals surface area (Å²) < 4.78 is 13.2. The van der Waals surface area contributed by atoms with Crippen molar-refractivity contribution in [1.29, 1.82) is 0 Å². The summed E-state index contributed by atoms with van der Waals surface area (Å²) in [5, 5.41) is 10.9. The Morgan fingerprint density at radius 3 is 2.21 bits per heavy atom. The van der Waals surface area contributed by atoms with E-state index in [1.54, 1.807) is 0 Å². The van der Waals surface area contributed by atoms with Gasteiger partial charge < -0.3 is 18.8 Å². The molecule has 268 valence electrons. The van der Waals surface area contributed by atoms with Gasteiger partial charge in [0, 0.05) is 30.2 Å². The molecule has 6 nitrogen and oxygen atoms in total. The monoisotopic (exact) mass is 673 g/mol. The summed E-state index contributed by atoms with van der Waals surface area (Å²) in [5.74, 6) is -0.242. The molecule has 0 aromatic heterocycles. The number of ketones is 1. The predicted octanol–water partition coefficient (Wildman–Crippen LogP) is 9.19. The maximum atomic E-state index is 12.9. The van der Waals surface area contributed by atoms with Gasteiger partial charge in [-0.15, -0.1) is 0 Å². The number of quaternary nitrogens is 1. The van der Waals surface area contributed by atoms with Crippen molar-refractivity contribution >= 4 is 20.1 Å². The number of benzene rings is 1. The van der Waals surface area contributed by atoms with Gasteiger partial charge in [0.1, 0.15) is 12.3 Å². The predicted molar refractivity (Wildman–Crippen MR) is 198 cm³/mol. The fraction of sp³-hybridized carbons (Fsp3) is 0.750. The van der Waals surface area contributed by atoms with Gasteiger partial charge in [-0.25, -0.2) is 0 Å². The molecule has 1 N–H and O–H groups in total. The Balaban J connectivity index is 2.15. The molecule has 1 fully saturated rings. The van der Waals surface area contributed by atoms with E-state index in [0.717, 1.165) is 81.3 Å². The maximum absolute atomic E-state index is 12.9. The summed E-state index contributed by atoms with van der Waals surface area (Å²) in [5.41, 5.74) is 3.44. The number of ether oxygens (including phenoxy) is 1. The minimum atomic E-state index is -2.20. The number of hydrogen-bond acceptors (Lipinski definition) is 5. The van der Waals surface area contributed by atoms with E-state index >= 15 is 0 Å². The van der Waals surface area contributed by atoms with Crippen LogP contribution in [-0.2, 0) is 31.7 Å². The molecular weight excluding hydrogens is 603 g/mol. The van der Waals surface area contributed by atoms with Crippen LogP contribution in [0.15, 0.2) is 36.4 Å². The third-order valence-electron chi connectivity index (χ3n) is 10.4. The van der Waals surface area contributed by atoms with Crippen LogP contribution < -0.4 is 0 Å². The van der Waals surface area contributed by atoms with Crippen LogP contribution in [0.4, 0.5) is 0 Å². The standard InChI is InChI=1S/C40H70NO5Si/c1-11-12-26-40(6,27-17-19-36-35(37(42)29-38(36)43)18-15-13-14-16-20-39(44)45-10)46-47(31(2)3,32(4)5)28-25-33-21-23-34(24-22-33)30-41(7,8)9/h17,19,21-24,31-32,35-36,38,43H,11-16,18,20,25-30H2,1-10H3/q+1/b19-17+/t35-,36-,38-,40?/m1/s1. The average molecular weight is 673 g/mol. The number of aliphatic hydroxyl groups excluding tert-OH is 1. The largest absolute Gasteiger partial charge is 0.469 e. The van der Waals surface area contributed by atoms with E-state index in [2.05, 4.69) is 99.1 Å². The molecule has 1 saturated carbocycles. The summed E-state index contributed by atoms with van der Waals surface area (Å²) in [6.45, 7) is 15.0. The van der Waals surface area contributed by atoms with E-state index in [4.69, 9.17) is 9.16 Å². The fourth-order valence-electron chi connectivity index (χ4n) is 7.59. The number of Topliss-reactive ketones (excluding diaryl/α,β-unsaturated/α-hetero) is 1. The number of esters is 1. The molecule has 1 aliphatic carbocycles. The lowest BCUT2D eigenvalue weighted by Crippen LogP contribution is -2.51. The van der Waals surface area contributed by atoms with Crippen molar-refractivity contribution in [2.24, 2.45) is 11.8 Å². The molecule has 1 aromatic carbocycles. The topological polar surface area (TPSA) is 72.8 Å². The summed E-state index contributed by atoms with van der Waals surface area (Å²) in [4.78, 5) is 24.3. The zero-order valence-corrected chi connectivity index (χ0v) is 32.8. The minimum absolute atomic E-state index is 0.127. The lowest BCUT2D eigenvalue weighted by Gasteiger charge is -2.46. The van der Waals surface area contributed by atoms with Crippen LogP contribution in [-0.4, -0.2) is 69.6 Å². The van der Waals surface area contributed by atoms with Crippen LogP contribution >= 0.6 is 0 Å². The average Bonchev–Trinajstić information content (AvgIpc) is 3.26. The van der Waals surface area contributed by atoms with Crippen molar-refractivity contribution in [3.8, 4) is 0 Å². The van der Waals surface area contributed by atoms with Crippen LogP contribution in [0.5, 0.6) is 0 Å². The molecule has 0 bridgehead atoms. The van der Waals surface area contributed by atoms with Crippen LogP contribution in [0.2, 0.25) is 17.1 Å². The Bertz CT molecular complexity index is 1100. The minimum Gasteiger partial charge on any atom is -0.469 e. The van der Waals surface area contributed by atoms with Crippen LogP contribution in [0.1, 0.15) is 123 Å². The van der Waals surface area contributed by atoms with Gasteiger partial charge in [-0.1, -0.05) is 103 Å². The molecule has 0 radical (unpaired) electrons. The van der Waals surface area contributed by atoms with Gasteiger partial charge in [0.25, 0.3) is 0 Å². The van der Waals surface area contributed by atoms with Gasteiger partial charge in [0.2, 0.25) is 0 Å². The SMILES string of the molecule is CCCCC(C)(C/C=C/[C@H]1[C@H](O)CC(=O)[C@@H]1CCCCCCC(=O)OC)O[Si](CCc1ccc(C[N+](C)(C)C)cc1)(C(C)C)C(C)C. The third-order valence-corrected chi connectivity index (χ3v) is 16.3. The van der Waals surface area contributed by atoms with Gasteiger partial charge in [-0.3, -0.25) is 9.59 Å². The quantitative estimate of drug-likeness (QED) is 0.0437. The zero-order chi connectivity index (χ0) is 35.3. The van der Waals surface area contributed by atoms with Crippen molar-refractivity contribution in [3.63, 3.8) is 0 Å². The lowest BCUT2D eigenvalue weighted by molar-refractivity contribution is -0.884. The molecule has 0 spiro atoms. The molecule has 7 heteroatoms. The fourth-order valence-corrected chi connectivity index (χ4v) is 12.4. The Morgan fingerprint density at radius 1 is 1.02 bits per heavy atom. The van der Waals surface area contributed by atoms with E-state index in [-0.39, 0.29) is 35.6 Å². The number of nitrogens with zero attached hydrogens (tertiary/aromatic N) is 1. The van der Waals surface area contributed by atoms with Crippen molar-refractivity contribution in [2.45, 2.75) is 154 Å². The van der Waals surface area contributed by atoms with E-state index in [9.17, 15) is 14.7 Å². The third kappa shape index (κ3) is 13.6. The molecular formula is C40H70NO5Si+. The molecule has 1 unspecified atom stereocenters. The maximum Gasteiger partial charge on any atom is 0.305 e. The Labute approximate surface area is 289 Å². The first-order valence-electron chi connectivity index (χ1n) is 18.6. The summed E-state index contributed by atoms with van der Waals surface area (Å²) >= 11 is 0. The van der Waals surface area contributed by atoms with Crippen LogP contribution in [0.25, 0.3) is 0 Å². The Kier molecular flexibility index (Phi) is 17.1. The molecule has 0 aliphatic heterocycles. The first-order valence-corrected chi connectivity index (χ1v) is 20.9. The highest BCUT2D eigenvalue weighted by atomic mass is 28.4. The molecule has 1 aliphatic rings. The Hall–Kier alpha value is -1.80. The molecule has 1 aromatic rings. The van der Waals surface area contributed by atoms with Crippen molar-refractivity contribution in [2.75, 3.05) is 28.3 Å². The number of methoxy groups -OCH3 is 1. The van der Waals surface area contributed by atoms with E-state index < -0.39 is 14.4 Å². The number of aryl methyl sites for hydroxylation is 1. The van der Waals surface area contributed by atoms with Gasteiger partial charge in [-0.2, -0.15) is 0 Å². The Morgan fingerprint density at radius 2 is 1.64 bits per heavy atom. The number of aliphatic hydroxyl groups is 1. The smallest absolute Gasteiger partial charge is 0.305 e. The molecule has 4 atom stereocenters. The van der Waals surface area contributed by atoms with Crippen LogP contribution in [0, 0.1) is 11.8 Å². The highest BCUT2D eigenvalue weighted by Gasteiger charge is 2.46. The first kappa shape index (κ1) is 41.4. The second kappa shape index (κ2) is 19.4. The molecule has 2 rings (SSSR count). The van der Waals surface area contributed by atoms with E-state index in [0.29, 0.717) is 17.5 Å². The number of hydrogen-bond donors (Lipinski definition) is 1. The molecule has 0 heterocycles. The van der Waals surface area contributed by atoms with Gasteiger partial charge in [0.05, 0.1) is 40.0 Å². The highest BCUT2D eigenvalue weighted by Crippen LogP contribution is 2.43. The van der Waals surface area contributed by atoms with Gasteiger partial charge in [0.15, 0.2) is 8.32 Å². The van der Waals surface area contributed by atoms with Crippen molar-refractivity contribution in [1.82, 2.24) is 0 Å². The molecule has 47 heavy (non-hydrogen) atoms. The van der Waals surface area contributed by atoms with Crippen molar-refractivity contribution < 1.29 is 28.3 Å². The number of rotatable bonds is 22. The highest BCUT2D eigenvalue weighted by molar-refractivity contribution is 6.76. The van der Waals surface area contributed by atoms with Gasteiger partial charge >= 0.3 is 5.97 Å². The van der Waals surface area contributed by atoms with Crippen LogP contribution in [0.3, 0.4) is 0 Å². The zero-order valence-electron chi connectivity index (χ0n) is 31.8.